The molecular formula is C17H11Cl3N2O2. The van der Waals surface area contributed by atoms with E-state index in [2.05, 4.69) is 5.10 Å². The molecule has 122 valence electrons. The van der Waals surface area contributed by atoms with Crippen molar-refractivity contribution in [1.29, 1.82) is 0 Å². The number of aromatic nitrogens is 2. The minimum atomic E-state index is -0.540. The molecule has 0 radical (unpaired) electrons. The van der Waals surface area contributed by atoms with E-state index in [1.807, 2.05) is 12.1 Å². The molecule has 4 nitrogen and oxygen atoms in total. The minimum absolute atomic E-state index is 0.165. The van der Waals surface area contributed by atoms with Crippen LogP contribution in [0.2, 0.25) is 15.1 Å². The predicted octanol–water partition coefficient (Wildman–Crippen LogP) is 5.29. The highest BCUT2D eigenvalue weighted by Gasteiger charge is 2.18. The quantitative estimate of drug-likeness (QED) is 0.579. The predicted molar refractivity (Wildman–Crippen MR) is 95.4 cm³/mol. The smallest absolute Gasteiger partial charge is 0.358 e. The minimum Gasteiger partial charge on any atom is -0.464 e. The molecule has 24 heavy (non-hydrogen) atoms. The van der Waals surface area contributed by atoms with Gasteiger partial charge in [-0.15, -0.1) is 0 Å². The van der Waals surface area contributed by atoms with E-state index in [1.165, 1.54) is 7.11 Å². The summed E-state index contributed by atoms with van der Waals surface area (Å²) >= 11 is 18.3. The van der Waals surface area contributed by atoms with Crippen LogP contribution in [0, 0.1) is 0 Å². The standard InChI is InChI=1S/C17H11Cl3N2O2/c1-24-17(23)14-9-15(10-2-4-11(18)5-3-10)22(21-14)16-8-12(19)6-7-13(16)20/h2-9H,1H3. The van der Waals surface area contributed by atoms with Crippen LogP contribution in [0.5, 0.6) is 0 Å². The Balaban J connectivity index is 2.23. The van der Waals surface area contributed by atoms with Crippen LogP contribution < -0.4 is 0 Å². The Morgan fingerprint density at radius 2 is 1.67 bits per heavy atom. The average molecular weight is 382 g/mol. The zero-order chi connectivity index (χ0) is 17.3. The van der Waals surface area contributed by atoms with Crippen LogP contribution in [0.25, 0.3) is 16.9 Å². The summed E-state index contributed by atoms with van der Waals surface area (Å²) in [5, 5.41) is 5.89. The molecule has 0 unspecified atom stereocenters. The van der Waals surface area contributed by atoms with Crippen LogP contribution >= 0.6 is 34.8 Å². The number of esters is 1. The van der Waals surface area contributed by atoms with Crippen LogP contribution in [0.15, 0.2) is 48.5 Å². The molecule has 0 saturated heterocycles. The van der Waals surface area contributed by atoms with E-state index in [9.17, 15) is 4.79 Å². The number of rotatable bonds is 3. The first kappa shape index (κ1) is 16.8. The number of halogens is 3. The third kappa shape index (κ3) is 3.26. The molecule has 3 aromatic rings. The fourth-order valence-corrected chi connectivity index (χ4v) is 2.73. The molecular weight excluding hydrogens is 371 g/mol. The van der Waals surface area contributed by atoms with Crippen molar-refractivity contribution in [3.63, 3.8) is 0 Å². The molecule has 0 amide bonds. The maximum atomic E-state index is 11.9. The third-order valence-corrected chi connectivity index (χ3v) is 4.19. The van der Waals surface area contributed by atoms with Gasteiger partial charge in [0.2, 0.25) is 0 Å². The number of carbonyl (C=O) groups is 1. The second kappa shape index (κ2) is 6.85. The van der Waals surface area contributed by atoms with Crippen LogP contribution in [0.3, 0.4) is 0 Å². The first-order valence-corrected chi connectivity index (χ1v) is 8.02. The van der Waals surface area contributed by atoms with Crippen molar-refractivity contribution in [2.75, 3.05) is 7.11 Å². The van der Waals surface area contributed by atoms with Crippen LogP contribution in [-0.4, -0.2) is 22.9 Å². The molecule has 0 spiro atoms. The number of methoxy groups -OCH3 is 1. The van der Waals surface area contributed by atoms with Gasteiger partial charge in [0, 0.05) is 15.6 Å². The Morgan fingerprint density at radius 1 is 1.00 bits per heavy atom. The highest BCUT2D eigenvalue weighted by molar-refractivity contribution is 6.34. The molecule has 3 rings (SSSR count). The summed E-state index contributed by atoms with van der Waals surface area (Å²) < 4.78 is 6.31. The van der Waals surface area contributed by atoms with Crippen molar-refractivity contribution in [2.45, 2.75) is 0 Å². The third-order valence-electron chi connectivity index (χ3n) is 3.38. The number of ether oxygens (including phenoxy) is 1. The maximum Gasteiger partial charge on any atom is 0.358 e. The molecule has 2 aromatic carbocycles. The highest BCUT2D eigenvalue weighted by atomic mass is 35.5. The Labute approximate surface area is 153 Å². The summed E-state index contributed by atoms with van der Waals surface area (Å²) in [5.74, 6) is -0.540. The topological polar surface area (TPSA) is 44.1 Å². The molecule has 0 aliphatic heterocycles. The van der Waals surface area contributed by atoms with Gasteiger partial charge in [-0.1, -0.05) is 46.9 Å². The molecule has 0 bridgehead atoms. The van der Waals surface area contributed by atoms with Gasteiger partial charge in [0.15, 0.2) is 5.69 Å². The second-order valence-electron chi connectivity index (χ2n) is 4.92. The van der Waals surface area contributed by atoms with Crippen molar-refractivity contribution in [1.82, 2.24) is 9.78 Å². The molecule has 0 aliphatic carbocycles. The number of carbonyl (C=O) groups excluding carboxylic acids is 1. The van der Waals surface area contributed by atoms with Crippen molar-refractivity contribution < 1.29 is 9.53 Å². The lowest BCUT2D eigenvalue weighted by Gasteiger charge is -2.10. The van der Waals surface area contributed by atoms with Gasteiger partial charge in [-0.05, 0) is 36.4 Å². The number of hydrogen-bond donors (Lipinski definition) is 0. The molecule has 0 atom stereocenters. The Morgan fingerprint density at radius 3 is 2.33 bits per heavy atom. The van der Waals surface area contributed by atoms with E-state index >= 15 is 0 Å². The normalized spacial score (nSPS) is 10.7. The van der Waals surface area contributed by atoms with E-state index in [1.54, 1.807) is 41.1 Å². The molecule has 0 aliphatic rings. The van der Waals surface area contributed by atoms with Gasteiger partial charge in [-0.25, -0.2) is 9.48 Å². The maximum absolute atomic E-state index is 11.9. The van der Waals surface area contributed by atoms with Crippen LogP contribution in [0.4, 0.5) is 0 Å². The zero-order valence-corrected chi connectivity index (χ0v) is 14.7. The number of hydrogen-bond acceptors (Lipinski definition) is 3. The van der Waals surface area contributed by atoms with E-state index in [-0.39, 0.29) is 5.69 Å². The lowest BCUT2D eigenvalue weighted by atomic mass is 10.1. The molecule has 0 fully saturated rings. The largest absolute Gasteiger partial charge is 0.464 e. The summed E-state index contributed by atoms with van der Waals surface area (Å²) in [5.41, 5.74) is 2.21. The number of nitrogens with zero attached hydrogens (tertiary/aromatic N) is 2. The van der Waals surface area contributed by atoms with Gasteiger partial charge in [-0.2, -0.15) is 5.10 Å². The zero-order valence-electron chi connectivity index (χ0n) is 12.5. The molecule has 0 saturated carbocycles. The highest BCUT2D eigenvalue weighted by Crippen LogP contribution is 2.30. The molecule has 1 aromatic heterocycles. The monoisotopic (exact) mass is 380 g/mol. The fraction of sp³-hybridized carbons (Fsp3) is 0.0588. The lowest BCUT2D eigenvalue weighted by Crippen LogP contribution is -2.05. The van der Waals surface area contributed by atoms with Gasteiger partial charge in [-0.3, -0.25) is 0 Å². The van der Waals surface area contributed by atoms with E-state index in [0.29, 0.717) is 26.4 Å². The summed E-state index contributed by atoms with van der Waals surface area (Å²) in [6.07, 6.45) is 0. The summed E-state index contributed by atoms with van der Waals surface area (Å²) in [6, 6.07) is 13.8. The first-order chi connectivity index (χ1) is 11.5. The fourth-order valence-electron chi connectivity index (χ4n) is 2.24. The Kier molecular flexibility index (Phi) is 4.81. The molecule has 1 heterocycles. The van der Waals surface area contributed by atoms with Crippen LogP contribution in [0.1, 0.15) is 10.5 Å². The van der Waals surface area contributed by atoms with Crippen LogP contribution in [-0.2, 0) is 4.74 Å². The Hall–Kier alpha value is -2.01. The second-order valence-corrected chi connectivity index (χ2v) is 6.20. The van der Waals surface area contributed by atoms with Crippen molar-refractivity contribution in [2.24, 2.45) is 0 Å². The summed E-state index contributed by atoms with van der Waals surface area (Å²) in [7, 11) is 1.30. The SMILES string of the molecule is COC(=O)c1cc(-c2ccc(Cl)cc2)n(-c2cc(Cl)ccc2Cl)n1. The van der Waals surface area contributed by atoms with Gasteiger partial charge < -0.3 is 4.74 Å². The Bertz CT molecular complexity index is 905. The summed E-state index contributed by atoms with van der Waals surface area (Å²) in [4.78, 5) is 11.9. The number of benzene rings is 2. The van der Waals surface area contributed by atoms with Crippen molar-refractivity contribution in [3.05, 3.63) is 69.3 Å². The lowest BCUT2D eigenvalue weighted by molar-refractivity contribution is 0.0593. The van der Waals surface area contributed by atoms with Gasteiger partial charge in [0.05, 0.1) is 23.5 Å². The van der Waals surface area contributed by atoms with Gasteiger partial charge in [0.25, 0.3) is 0 Å². The average Bonchev–Trinajstić information content (AvgIpc) is 3.02. The first-order valence-electron chi connectivity index (χ1n) is 6.89. The van der Waals surface area contributed by atoms with Crippen molar-refractivity contribution >= 4 is 40.8 Å². The molecule has 0 N–H and O–H groups in total. The molecule has 7 heteroatoms. The van der Waals surface area contributed by atoms with Gasteiger partial charge >= 0.3 is 5.97 Å². The van der Waals surface area contributed by atoms with E-state index < -0.39 is 5.97 Å². The van der Waals surface area contributed by atoms with E-state index in [4.69, 9.17) is 39.5 Å². The van der Waals surface area contributed by atoms with E-state index in [0.717, 1.165) is 5.56 Å². The summed E-state index contributed by atoms with van der Waals surface area (Å²) in [6.45, 7) is 0. The van der Waals surface area contributed by atoms with Crippen molar-refractivity contribution in [3.8, 4) is 16.9 Å². The van der Waals surface area contributed by atoms with Gasteiger partial charge in [0.1, 0.15) is 0 Å².